The third kappa shape index (κ3) is 4.47. The van der Waals surface area contributed by atoms with Crippen LogP contribution in [0.25, 0.3) is 0 Å². The molecule has 114 valence electrons. The fraction of sp³-hybridized carbons (Fsp3) is 0.571. The second-order valence-electron chi connectivity index (χ2n) is 5.14. The summed E-state index contributed by atoms with van der Waals surface area (Å²) >= 11 is 0. The van der Waals surface area contributed by atoms with Gasteiger partial charge in [-0.3, -0.25) is 0 Å². The summed E-state index contributed by atoms with van der Waals surface area (Å²) in [5, 5.41) is 0. The minimum atomic E-state index is -3.53. The van der Waals surface area contributed by atoms with Crippen molar-refractivity contribution >= 4 is 10.0 Å². The lowest BCUT2D eigenvalue weighted by Gasteiger charge is -2.14. The number of aryl methyl sites for hydroxylation is 2. The zero-order valence-corrected chi connectivity index (χ0v) is 13.7. The molecule has 20 heavy (non-hydrogen) atoms. The Balaban J connectivity index is 2.89. The number of benzene rings is 1. The number of methoxy groups -OCH3 is 1. The van der Waals surface area contributed by atoms with Crippen LogP contribution in [0.5, 0.6) is 5.75 Å². The van der Waals surface area contributed by atoms with E-state index < -0.39 is 10.0 Å². The van der Waals surface area contributed by atoms with Crippen LogP contribution in [-0.2, 0) is 10.0 Å². The Labute approximate surface area is 122 Å². The Morgan fingerprint density at radius 3 is 2.35 bits per heavy atom. The Hall–Kier alpha value is -1.11. The lowest BCUT2D eigenvalue weighted by atomic mass is 10.1. The molecule has 0 aliphatic carbocycles. The van der Waals surface area contributed by atoms with E-state index in [-0.39, 0.29) is 4.90 Å². The Kier molecular flexibility index (Phi) is 5.98. The molecule has 6 heteroatoms. The van der Waals surface area contributed by atoms with Crippen molar-refractivity contribution in [2.75, 3.05) is 34.3 Å². The number of ether oxygens (including phenoxy) is 1. The Morgan fingerprint density at radius 2 is 1.80 bits per heavy atom. The molecular weight excluding hydrogens is 276 g/mol. The van der Waals surface area contributed by atoms with Crippen molar-refractivity contribution in [2.45, 2.75) is 25.2 Å². The van der Waals surface area contributed by atoms with E-state index in [1.165, 1.54) is 7.11 Å². The number of nitrogens with one attached hydrogen (secondary N) is 1. The molecular formula is C14H24N2O3S. The molecule has 1 aromatic carbocycles. The second kappa shape index (κ2) is 7.06. The first-order chi connectivity index (χ1) is 9.27. The monoisotopic (exact) mass is 300 g/mol. The van der Waals surface area contributed by atoms with Crippen molar-refractivity contribution < 1.29 is 13.2 Å². The third-order valence-electron chi connectivity index (χ3n) is 3.14. The normalized spacial score (nSPS) is 11.9. The highest BCUT2D eigenvalue weighted by atomic mass is 32.2. The minimum Gasteiger partial charge on any atom is -0.495 e. The van der Waals surface area contributed by atoms with Gasteiger partial charge in [0.15, 0.2) is 0 Å². The molecule has 1 rings (SSSR count). The molecule has 0 spiro atoms. The molecule has 0 bridgehead atoms. The van der Waals surface area contributed by atoms with E-state index in [4.69, 9.17) is 4.74 Å². The van der Waals surface area contributed by atoms with Gasteiger partial charge in [0.2, 0.25) is 10.0 Å². The van der Waals surface area contributed by atoms with Crippen LogP contribution in [0.4, 0.5) is 0 Å². The molecule has 0 fully saturated rings. The molecule has 0 aliphatic heterocycles. The Morgan fingerprint density at radius 1 is 1.20 bits per heavy atom. The standard InChI is InChI=1S/C14H24N2O3S/c1-11-9-13(19-5)14(10-12(11)2)20(17,18)15-7-6-8-16(3)4/h9-10,15H,6-8H2,1-5H3. The van der Waals surface area contributed by atoms with E-state index in [0.717, 1.165) is 24.1 Å². The van der Waals surface area contributed by atoms with Gasteiger partial charge in [0.05, 0.1) is 7.11 Å². The highest BCUT2D eigenvalue weighted by Crippen LogP contribution is 2.27. The van der Waals surface area contributed by atoms with Gasteiger partial charge in [0.1, 0.15) is 10.6 Å². The summed E-state index contributed by atoms with van der Waals surface area (Å²) in [5.41, 5.74) is 1.94. The molecule has 0 unspecified atom stereocenters. The van der Waals surface area contributed by atoms with Gasteiger partial charge in [-0.1, -0.05) is 0 Å². The van der Waals surface area contributed by atoms with Gasteiger partial charge in [0.25, 0.3) is 0 Å². The predicted octanol–water partition coefficient (Wildman–Crippen LogP) is 1.54. The molecule has 0 amide bonds. The number of hydrogen-bond donors (Lipinski definition) is 1. The van der Waals surface area contributed by atoms with Crippen molar-refractivity contribution in [1.29, 1.82) is 0 Å². The zero-order chi connectivity index (χ0) is 15.3. The van der Waals surface area contributed by atoms with Crippen LogP contribution in [0.3, 0.4) is 0 Å². The van der Waals surface area contributed by atoms with E-state index in [0.29, 0.717) is 12.3 Å². The van der Waals surface area contributed by atoms with Crippen LogP contribution in [-0.4, -0.2) is 47.6 Å². The van der Waals surface area contributed by atoms with E-state index >= 15 is 0 Å². The fourth-order valence-corrected chi connectivity index (χ4v) is 3.12. The highest BCUT2D eigenvalue weighted by molar-refractivity contribution is 7.89. The summed E-state index contributed by atoms with van der Waals surface area (Å²) < 4.78 is 32.4. The zero-order valence-electron chi connectivity index (χ0n) is 12.9. The summed E-state index contributed by atoms with van der Waals surface area (Å²) in [6, 6.07) is 3.41. The molecule has 0 heterocycles. The van der Waals surface area contributed by atoms with Crippen molar-refractivity contribution in [3.05, 3.63) is 23.3 Å². The molecule has 1 aromatic rings. The Bertz CT molecular complexity index is 554. The van der Waals surface area contributed by atoms with Crippen molar-refractivity contribution in [2.24, 2.45) is 0 Å². The molecule has 1 N–H and O–H groups in total. The maximum absolute atomic E-state index is 12.3. The van der Waals surface area contributed by atoms with E-state index in [1.54, 1.807) is 12.1 Å². The average molecular weight is 300 g/mol. The lowest BCUT2D eigenvalue weighted by Crippen LogP contribution is -2.27. The van der Waals surface area contributed by atoms with Gasteiger partial charge >= 0.3 is 0 Å². The van der Waals surface area contributed by atoms with Crippen LogP contribution < -0.4 is 9.46 Å². The smallest absolute Gasteiger partial charge is 0.244 e. The summed E-state index contributed by atoms with van der Waals surface area (Å²) in [5.74, 6) is 0.383. The largest absolute Gasteiger partial charge is 0.495 e. The summed E-state index contributed by atoms with van der Waals surface area (Å²) in [7, 11) is 1.87. The molecule has 0 saturated heterocycles. The van der Waals surface area contributed by atoms with Gasteiger partial charge in [-0.25, -0.2) is 13.1 Å². The number of rotatable bonds is 7. The summed E-state index contributed by atoms with van der Waals surface area (Å²) in [4.78, 5) is 2.22. The quantitative estimate of drug-likeness (QED) is 0.776. The van der Waals surface area contributed by atoms with Crippen molar-refractivity contribution in [1.82, 2.24) is 9.62 Å². The topological polar surface area (TPSA) is 58.6 Å². The molecule has 0 radical (unpaired) electrons. The highest BCUT2D eigenvalue weighted by Gasteiger charge is 2.20. The van der Waals surface area contributed by atoms with Gasteiger partial charge in [-0.05, 0) is 64.2 Å². The van der Waals surface area contributed by atoms with E-state index in [2.05, 4.69) is 4.72 Å². The van der Waals surface area contributed by atoms with Crippen LogP contribution in [0.1, 0.15) is 17.5 Å². The minimum absolute atomic E-state index is 0.202. The van der Waals surface area contributed by atoms with Gasteiger partial charge < -0.3 is 9.64 Å². The number of nitrogens with zero attached hydrogens (tertiary/aromatic N) is 1. The molecule has 0 aliphatic rings. The van der Waals surface area contributed by atoms with Gasteiger partial charge in [-0.15, -0.1) is 0 Å². The number of sulfonamides is 1. The first-order valence-corrected chi connectivity index (χ1v) is 8.06. The number of hydrogen-bond acceptors (Lipinski definition) is 4. The SMILES string of the molecule is COc1cc(C)c(C)cc1S(=O)(=O)NCCCN(C)C. The molecule has 0 saturated carbocycles. The predicted molar refractivity (Wildman–Crippen MR) is 80.8 cm³/mol. The fourth-order valence-electron chi connectivity index (χ4n) is 1.81. The first kappa shape index (κ1) is 16.9. The van der Waals surface area contributed by atoms with Gasteiger partial charge in [-0.2, -0.15) is 0 Å². The van der Waals surface area contributed by atoms with E-state index in [9.17, 15) is 8.42 Å². The lowest BCUT2D eigenvalue weighted by molar-refractivity contribution is 0.397. The molecule has 0 atom stereocenters. The maximum Gasteiger partial charge on any atom is 0.244 e. The van der Waals surface area contributed by atoms with Gasteiger partial charge in [0, 0.05) is 6.54 Å². The average Bonchev–Trinajstić information content (AvgIpc) is 2.37. The van der Waals surface area contributed by atoms with Crippen LogP contribution in [0, 0.1) is 13.8 Å². The van der Waals surface area contributed by atoms with Crippen LogP contribution >= 0.6 is 0 Å². The molecule has 0 aromatic heterocycles. The van der Waals surface area contributed by atoms with Crippen molar-refractivity contribution in [3.63, 3.8) is 0 Å². The molecule has 5 nitrogen and oxygen atoms in total. The van der Waals surface area contributed by atoms with Crippen LogP contribution in [0.15, 0.2) is 17.0 Å². The van der Waals surface area contributed by atoms with Crippen molar-refractivity contribution in [3.8, 4) is 5.75 Å². The summed E-state index contributed by atoms with van der Waals surface area (Å²) in [6.07, 6.45) is 0.763. The first-order valence-electron chi connectivity index (χ1n) is 6.57. The van der Waals surface area contributed by atoms with Crippen LogP contribution in [0.2, 0.25) is 0 Å². The summed E-state index contributed by atoms with van der Waals surface area (Å²) in [6.45, 7) is 5.07. The maximum atomic E-state index is 12.3. The van der Waals surface area contributed by atoms with E-state index in [1.807, 2.05) is 32.8 Å². The second-order valence-corrected chi connectivity index (χ2v) is 6.88. The third-order valence-corrected chi connectivity index (χ3v) is 4.63.